The number of aryl methyl sites for hydroxylation is 1. The molecule has 2 unspecified atom stereocenters. The Hall–Kier alpha value is -2.69. The SMILES string of the molecule is CC(CCCc1ccccc1)C(=O)NCC(C(=O)O)c1ccc(F)cc1. The number of aliphatic carboxylic acids is 1. The lowest BCUT2D eigenvalue weighted by Crippen LogP contribution is -2.35. The maximum Gasteiger partial charge on any atom is 0.312 e. The summed E-state index contributed by atoms with van der Waals surface area (Å²) < 4.78 is 13.0. The number of halogens is 1. The molecule has 2 aromatic rings. The van der Waals surface area contributed by atoms with Crippen LogP contribution in [0.2, 0.25) is 0 Å². The Bertz CT molecular complexity index is 716. The van der Waals surface area contributed by atoms with Crippen LogP contribution >= 0.6 is 0 Å². The highest BCUT2D eigenvalue weighted by Crippen LogP contribution is 2.17. The Balaban J connectivity index is 1.81. The zero-order valence-corrected chi connectivity index (χ0v) is 14.8. The monoisotopic (exact) mass is 357 g/mol. The van der Waals surface area contributed by atoms with Crippen molar-refractivity contribution in [3.05, 3.63) is 71.5 Å². The molecular weight excluding hydrogens is 333 g/mol. The number of benzene rings is 2. The van der Waals surface area contributed by atoms with Crippen molar-refractivity contribution in [3.8, 4) is 0 Å². The van der Waals surface area contributed by atoms with Gasteiger partial charge in [0.25, 0.3) is 0 Å². The normalized spacial score (nSPS) is 13.0. The van der Waals surface area contributed by atoms with Gasteiger partial charge in [-0.15, -0.1) is 0 Å². The van der Waals surface area contributed by atoms with Crippen LogP contribution in [-0.2, 0) is 16.0 Å². The van der Waals surface area contributed by atoms with Crippen LogP contribution in [0.15, 0.2) is 54.6 Å². The van der Waals surface area contributed by atoms with Crippen LogP contribution in [-0.4, -0.2) is 23.5 Å². The van der Waals surface area contributed by atoms with Gasteiger partial charge in [-0.05, 0) is 42.5 Å². The molecule has 2 rings (SSSR count). The number of carboxylic acid groups (broad SMARTS) is 1. The van der Waals surface area contributed by atoms with Gasteiger partial charge in [0.05, 0.1) is 5.92 Å². The third kappa shape index (κ3) is 5.99. The molecular formula is C21H24FNO3. The minimum absolute atomic E-state index is 0.0111. The summed E-state index contributed by atoms with van der Waals surface area (Å²) in [6.45, 7) is 1.83. The molecule has 0 aliphatic rings. The Labute approximate surface area is 153 Å². The minimum atomic E-state index is -1.05. The number of carbonyl (C=O) groups is 2. The fourth-order valence-electron chi connectivity index (χ4n) is 2.81. The molecule has 0 spiro atoms. The first-order chi connectivity index (χ1) is 12.5. The lowest BCUT2D eigenvalue weighted by atomic mass is 9.97. The number of hydrogen-bond acceptors (Lipinski definition) is 2. The maximum absolute atomic E-state index is 13.0. The maximum atomic E-state index is 13.0. The van der Waals surface area contributed by atoms with Crippen LogP contribution < -0.4 is 5.32 Å². The summed E-state index contributed by atoms with van der Waals surface area (Å²) in [5.41, 5.74) is 1.71. The van der Waals surface area contributed by atoms with Crippen molar-refractivity contribution in [1.82, 2.24) is 5.32 Å². The van der Waals surface area contributed by atoms with Gasteiger partial charge in [0.15, 0.2) is 0 Å². The minimum Gasteiger partial charge on any atom is -0.481 e. The Morgan fingerprint density at radius 2 is 1.73 bits per heavy atom. The van der Waals surface area contributed by atoms with Gasteiger partial charge in [-0.3, -0.25) is 9.59 Å². The summed E-state index contributed by atoms with van der Waals surface area (Å²) in [6.07, 6.45) is 2.53. The molecule has 0 aliphatic carbocycles. The molecule has 138 valence electrons. The first kappa shape index (κ1) is 19.6. The van der Waals surface area contributed by atoms with E-state index in [1.165, 1.54) is 29.8 Å². The van der Waals surface area contributed by atoms with Gasteiger partial charge < -0.3 is 10.4 Å². The second-order valence-electron chi connectivity index (χ2n) is 6.47. The number of carbonyl (C=O) groups excluding carboxylic acids is 1. The van der Waals surface area contributed by atoms with E-state index in [0.29, 0.717) is 5.56 Å². The second kappa shape index (κ2) is 9.70. The molecule has 0 bridgehead atoms. The van der Waals surface area contributed by atoms with Gasteiger partial charge >= 0.3 is 5.97 Å². The van der Waals surface area contributed by atoms with E-state index in [0.717, 1.165) is 19.3 Å². The number of amides is 1. The Morgan fingerprint density at radius 3 is 2.35 bits per heavy atom. The molecule has 5 heteroatoms. The topological polar surface area (TPSA) is 66.4 Å². The molecule has 0 aromatic heterocycles. The predicted octanol–water partition coefficient (Wildman–Crippen LogP) is 3.77. The highest BCUT2D eigenvalue weighted by Gasteiger charge is 2.22. The van der Waals surface area contributed by atoms with Crippen LogP contribution in [0.4, 0.5) is 4.39 Å². The van der Waals surface area contributed by atoms with Crippen molar-refractivity contribution < 1.29 is 19.1 Å². The highest BCUT2D eigenvalue weighted by molar-refractivity contribution is 5.81. The van der Waals surface area contributed by atoms with Gasteiger partial charge in [-0.1, -0.05) is 49.4 Å². The molecule has 4 nitrogen and oxygen atoms in total. The third-order valence-electron chi connectivity index (χ3n) is 4.44. The average molecular weight is 357 g/mol. The smallest absolute Gasteiger partial charge is 0.312 e. The second-order valence-corrected chi connectivity index (χ2v) is 6.47. The number of nitrogens with one attached hydrogen (secondary N) is 1. The van der Waals surface area contributed by atoms with E-state index < -0.39 is 17.7 Å². The average Bonchev–Trinajstić information content (AvgIpc) is 2.63. The van der Waals surface area contributed by atoms with Crippen LogP contribution in [0.1, 0.15) is 36.8 Å². The molecule has 2 N–H and O–H groups in total. The zero-order chi connectivity index (χ0) is 18.9. The molecule has 0 aliphatic heterocycles. The predicted molar refractivity (Wildman–Crippen MR) is 98.3 cm³/mol. The van der Waals surface area contributed by atoms with Crippen molar-refractivity contribution in [2.24, 2.45) is 5.92 Å². The van der Waals surface area contributed by atoms with E-state index in [4.69, 9.17) is 0 Å². The van der Waals surface area contributed by atoms with Gasteiger partial charge in [0.1, 0.15) is 5.82 Å². The van der Waals surface area contributed by atoms with Gasteiger partial charge in [0, 0.05) is 12.5 Å². The van der Waals surface area contributed by atoms with E-state index in [1.807, 2.05) is 25.1 Å². The zero-order valence-electron chi connectivity index (χ0n) is 14.8. The molecule has 2 aromatic carbocycles. The van der Waals surface area contributed by atoms with E-state index >= 15 is 0 Å². The fraction of sp³-hybridized carbons (Fsp3) is 0.333. The largest absolute Gasteiger partial charge is 0.481 e. The van der Waals surface area contributed by atoms with Gasteiger partial charge in [0.2, 0.25) is 5.91 Å². The van der Waals surface area contributed by atoms with E-state index in [2.05, 4.69) is 17.4 Å². The van der Waals surface area contributed by atoms with Crippen LogP contribution in [0.25, 0.3) is 0 Å². The van der Waals surface area contributed by atoms with Gasteiger partial charge in [-0.25, -0.2) is 4.39 Å². The van der Waals surface area contributed by atoms with Crippen molar-refractivity contribution in [2.45, 2.75) is 32.1 Å². The van der Waals surface area contributed by atoms with Crippen molar-refractivity contribution in [2.75, 3.05) is 6.54 Å². The number of carboxylic acids is 1. The molecule has 0 fully saturated rings. The lowest BCUT2D eigenvalue weighted by molar-refractivity contribution is -0.138. The van der Waals surface area contributed by atoms with Crippen LogP contribution in [0.3, 0.4) is 0 Å². The van der Waals surface area contributed by atoms with E-state index in [-0.39, 0.29) is 18.4 Å². The first-order valence-corrected chi connectivity index (χ1v) is 8.77. The van der Waals surface area contributed by atoms with Gasteiger partial charge in [-0.2, -0.15) is 0 Å². The third-order valence-corrected chi connectivity index (χ3v) is 4.44. The molecule has 0 saturated carbocycles. The summed E-state index contributed by atoms with van der Waals surface area (Å²) in [5, 5.41) is 12.1. The van der Waals surface area contributed by atoms with Crippen molar-refractivity contribution in [3.63, 3.8) is 0 Å². The van der Waals surface area contributed by atoms with Crippen molar-refractivity contribution in [1.29, 1.82) is 0 Å². The van der Waals surface area contributed by atoms with E-state index in [9.17, 15) is 19.1 Å². The van der Waals surface area contributed by atoms with E-state index in [1.54, 1.807) is 0 Å². The van der Waals surface area contributed by atoms with Crippen molar-refractivity contribution >= 4 is 11.9 Å². The summed E-state index contributed by atoms with van der Waals surface area (Å²) in [6, 6.07) is 15.4. The number of rotatable bonds is 9. The lowest BCUT2D eigenvalue weighted by Gasteiger charge is -2.16. The quantitative estimate of drug-likeness (QED) is 0.718. The molecule has 0 heterocycles. The summed E-state index contributed by atoms with van der Waals surface area (Å²) in [4.78, 5) is 23.7. The first-order valence-electron chi connectivity index (χ1n) is 8.77. The summed E-state index contributed by atoms with van der Waals surface area (Å²) in [5.74, 6) is -2.72. The Morgan fingerprint density at radius 1 is 1.08 bits per heavy atom. The summed E-state index contributed by atoms with van der Waals surface area (Å²) >= 11 is 0. The van der Waals surface area contributed by atoms with Crippen LogP contribution in [0, 0.1) is 11.7 Å². The molecule has 0 saturated heterocycles. The number of hydrogen-bond donors (Lipinski definition) is 2. The molecule has 0 radical (unpaired) electrons. The molecule has 2 atom stereocenters. The standard InChI is InChI=1S/C21H24FNO3/c1-15(6-5-9-16-7-3-2-4-8-16)20(24)23-14-19(21(25)26)17-10-12-18(22)13-11-17/h2-4,7-8,10-13,15,19H,5-6,9,14H2,1H3,(H,23,24)(H,25,26). The Kier molecular flexibility index (Phi) is 7.33. The summed E-state index contributed by atoms with van der Waals surface area (Å²) in [7, 11) is 0. The molecule has 1 amide bonds. The highest BCUT2D eigenvalue weighted by atomic mass is 19.1. The fourth-order valence-corrected chi connectivity index (χ4v) is 2.81. The van der Waals surface area contributed by atoms with Crippen LogP contribution in [0.5, 0.6) is 0 Å². The molecule has 26 heavy (non-hydrogen) atoms.